The molecule has 2 aromatic carbocycles. The number of hydrogen-bond acceptors (Lipinski definition) is 5. The molecule has 1 aliphatic rings. The summed E-state index contributed by atoms with van der Waals surface area (Å²) in [5.41, 5.74) is 1.46. The van der Waals surface area contributed by atoms with E-state index in [4.69, 9.17) is 11.6 Å². The van der Waals surface area contributed by atoms with Gasteiger partial charge < -0.3 is 15.1 Å². The first-order chi connectivity index (χ1) is 18.3. The second kappa shape index (κ2) is 10.7. The van der Waals surface area contributed by atoms with Crippen molar-refractivity contribution >= 4 is 29.2 Å². The van der Waals surface area contributed by atoms with Crippen LogP contribution in [-0.4, -0.2) is 69.6 Å². The maximum Gasteiger partial charge on any atom is 0.274 e. The number of anilines is 1. The van der Waals surface area contributed by atoms with Crippen LogP contribution in [0.5, 0.6) is 0 Å². The first-order valence-electron chi connectivity index (χ1n) is 12.1. The molecule has 0 spiro atoms. The Hall–Kier alpha value is -4.08. The molecule has 1 N–H and O–H groups in total. The molecule has 2 aromatic heterocycles. The van der Waals surface area contributed by atoms with Crippen molar-refractivity contribution in [2.75, 3.05) is 32.5 Å². The molecule has 2 amide bonds. The molecule has 0 radical (unpaired) electrons. The molecule has 194 valence electrons. The first-order valence-corrected chi connectivity index (χ1v) is 12.5. The van der Waals surface area contributed by atoms with Gasteiger partial charge in [-0.15, -0.1) is 0 Å². The number of likely N-dealkylation sites (N-methyl/N-ethyl adjacent to an activating group) is 1. The summed E-state index contributed by atoms with van der Waals surface area (Å²) >= 11 is 6.28. The van der Waals surface area contributed by atoms with Gasteiger partial charge in [-0.1, -0.05) is 35.9 Å². The predicted octanol–water partition coefficient (Wildman–Crippen LogP) is 4.76. The van der Waals surface area contributed by atoms with E-state index in [-0.39, 0.29) is 39.6 Å². The van der Waals surface area contributed by atoms with Gasteiger partial charge in [-0.25, -0.2) is 9.07 Å². The second-order valence-electron chi connectivity index (χ2n) is 9.30. The Labute approximate surface area is 224 Å². The van der Waals surface area contributed by atoms with Gasteiger partial charge >= 0.3 is 0 Å². The Balaban J connectivity index is 1.48. The topological polar surface area (TPSA) is 83.4 Å². The van der Waals surface area contributed by atoms with E-state index in [2.05, 4.69) is 20.3 Å². The van der Waals surface area contributed by atoms with Gasteiger partial charge in [0.2, 0.25) is 0 Å². The molecule has 1 fully saturated rings. The van der Waals surface area contributed by atoms with Crippen molar-refractivity contribution in [3.63, 3.8) is 0 Å². The molecule has 10 heteroatoms. The van der Waals surface area contributed by atoms with Crippen molar-refractivity contribution in [1.82, 2.24) is 24.6 Å². The summed E-state index contributed by atoms with van der Waals surface area (Å²) < 4.78 is 16.2. The summed E-state index contributed by atoms with van der Waals surface area (Å²) in [6.45, 7) is 1.23. The van der Waals surface area contributed by atoms with E-state index < -0.39 is 11.7 Å². The number of aromatic nitrogens is 3. The van der Waals surface area contributed by atoms with Crippen molar-refractivity contribution in [3.05, 3.63) is 95.0 Å². The highest BCUT2D eigenvalue weighted by Crippen LogP contribution is 2.29. The number of carbonyl (C=O) groups excluding carboxylic acids is 2. The van der Waals surface area contributed by atoms with Gasteiger partial charge in [0.05, 0.1) is 22.0 Å². The summed E-state index contributed by atoms with van der Waals surface area (Å²) in [4.78, 5) is 34.7. The Morgan fingerprint density at radius 3 is 2.53 bits per heavy atom. The quantitative estimate of drug-likeness (QED) is 0.387. The molecule has 0 unspecified atom stereocenters. The van der Waals surface area contributed by atoms with Gasteiger partial charge in [0.25, 0.3) is 11.8 Å². The van der Waals surface area contributed by atoms with Crippen LogP contribution in [0.1, 0.15) is 27.3 Å². The summed E-state index contributed by atoms with van der Waals surface area (Å²) in [5.74, 6) is -1.09. The van der Waals surface area contributed by atoms with Crippen LogP contribution in [0.3, 0.4) is 0 Å². The SMILES string of the molecule is CN(C)[C@H]1CCN(C(=O)c2cc(NC(=O)c3cc(-c4ccccn4)c(F)cc3Cl)n(-c3ccccc3)n2)C1. The number of para-hydroxylation sites is 1. The van der Waals surface area contributed by atoms with E-state index in [1.807, 2.05) is 44.4 Å². The van der Waals surface area contributed by atoms with Crippen LogP contribution in [0.15, 0.2) is 72.9 Å². The molecule has 0 saturated carbocycles. The predicted molar refractivity (Wildman–Crippen MR) is 144 cm³/mol. The molecule has 1 aliphatic heterocycles. The summed E-state index contributed by atoms with van der Waals surface area (Å²) in [5, 5.41) is 7.30. The van der Waals surface area contributed by atoms with Gasteiger partial charge in [0.15, 0.2) is 5.69 Å². The number of carbonyl (C=O) groups is 2. The highest BCUT2D eigenvalue weighted by atomic mass is 35.5. The third-order valence-corrected chi connectivity index (χ3v) is 6.91. The molecule has 1 atom stereocenters. The molecule has 4 aromatic rings. The number of hydrogen-bond donors (Lipinski definition) is 1. The average Bonchev–Trinajstić information content (AvgIpc) is 3.58. The number of amides is 2. The number of likely N-dealkylation sites (tertiary alicyclic amines) is 1. The number of rotatable bonds is 6. The Kier molecular flexibility index (Phi) is 7.22. The van der Waals surface area contributed by atoms with Crippen LogP contribution >= 0.6 is 11.6 Å². The van der Waals surface area contributed by atoms with Crippen molar-refractivity contribution in [2.24, 2.45) is 0 Å². The molecule has 1 saturated heterocycles. The van der Waals surface area contributed by atoms with E-state index in [0.717, 1.165) is 12.5 Å². The van der Waals surface area contributed by atoms with E-state index in [1.54, 1.807) is 35.4 Å². The zero-order valence-electron chi connectivity index (χ0n) is 20.9. The lowest BCUT2D eigenvalue weighted by atomic mass is 10.1. The maximum atomic E-state index is 14.7. The van der Waals surface area contributed by atoms with E-state index in [1.165, 1.54) is 10.7 Å². The number of nitrogens with one attached hydrogen (secondary N) is 1. The summed E-state index contributed by atoms with van der Waals surface area (Å²) in [6.07, 6.45) is 2.42. The summed E-state index contributed by atoms with van der Waals surface area (Å²) in [6, 6.07) is 18.6. The fourth-order valence-electron chi connectivity index (χ4n) is 4.48. The third-order valence-electron chi connectivity index (χ3n) is 6.59. The van der Waals surface area contributed by atoms with Crippen LogP contribution in [0.2, 0.25) is 5.02 Å². The van der Waals surface area contributed by atoms with Crippen molar-refractivity contribution in [2.45, 2.75) is 12.5 Å². The lowest BCUT2D eigenvalue weighted by Gasteiger charge is -2.19. The van der Waals surface area contributed by atoms with Crippen LogP contribution in [0.4, 0.5) is 10.2 Å². The van der Waals surface area contributed by atoms with Crippen LogP contribution < -0.4 is 5.32 Å². The zero-order chi connectivity index (χ0) is 26.8. The number of pyridine rings is 1. The van der Waals surface area contributed by atoms with Crippen LogP contribution in [0.25, 0.3) is 16.9 Å². The van der Waals surface area contributed by atoms with Gasteiger partial charge in [-0.2, -0.15) is 5.10 Å². The van der Waals surface area contributed by atoms with E-state index in [0.29, 0.717) is 24.5 Å². The maximum absolute atomic E-state index is 14.7. The van der Waals surface area contributed by atoms with Crippen molar-refractivity contribution in [1.29, 1.82) is 0 Å². The van der Waals surface area contributed by atoms with Crippen molar-refractivity contribution in [3.8, 4) is 16.9 Å². The highest BCUT2D eigenvalue weighted by molar-refractivity contribution is 6.34. The monoisotopic (exact) mass is 532 g/mol. The second-order valence-corrected chi connectivity index (χ2v) is 9.71. The van der Waals surface area contributed by atoms with Gasteiger partial charge in [0, 0.05) is 37.0 Å². The Morgan fingerprint density at radius 1 is 1.08 bits per heavy atom. The molecule has 0 aliphatic carbocycles. The highest BCUT2D eigenvalue weighted by Gasteiger charge is 2.30. The lowest BCUT2D eigenvalue weighted by molar-refractivity contribution is 0.0776. The summed E-state index contributed by atoms with van der Waals surface area (Å²) in [7, 11) is 3.99. The van der Waals surface area contributed by atoms with Gasteiger partial charge in [0.1, 0.15) is 11.6 Å². The molecule has 5 rings (SSSR count). The minimum absolute atomic E-state index is 0.0476. The molecule has 38 heavy (non-hydrogen) atoms. The fourth-order valence-corrected chi connectivity index (χ4v) is 4.71. The molecule has 3 heterocycles. The number of benzene rings is 2. The van der Waals surface area contributed by atoms with Crippen LogP contribution in [0, 0.1) is 5.82 Å². The lowest BCUT2D eigenvalue weighted by Crippen LogP contribution is -2.34. The minimum Gasteiger partial charge on any atom is -0.336 e. The molecular formula is C28H26ClFN6O2. The largest absolute Gasteiger partial charge is 0.336 e. The van der Waals surface area contributed by atoms with Crippen molar-refractivity contribution < 1.29 is 14.0 Å². The minimum atomic E-state index is -0.589. The Morgan fingerprint density at radius 2 is 1.84 bits per heavy atom. The van der Waals surface area contributed by atoms with E-state index >= 15 is 0 Å². The first kappa shape index (κ1) is 25.6. The molecular weight excluding hydrogens is 507 g/mol. The normalized spacial score (nSPS) is 15.2. The smallest absolute Gasteiger partial charge is 0.274 e. The fraction of sp³-hybridized carbons (Fsp3) is 0.214. The zero-order valence-corrected chi connectivity index (χ0v) is 21.7. The Bertz CT molecular complexity index is 1480. The molecule has 0 bridgehead atoms. The van der Waals surface area contributed by atoms with Gasteiger partial charge in [-0.3, -0.25) is 14.6 Å². The standard InChI is InChI=1S/C28H26ClFN6O2/c1-34(2)19-11-13-35(17-19)28(38)25-16-26(36(33-25)18-8-4-3-5-9-18)32-27(37)20-14-21(23(30)15-22(20)29)24-10-6-7-12-31-24/h3-10,12,14-16,19H,11,13,17H2,1-2H3,(H,32,37)/t19-/m0/s1. The van der Waals surface area contributed by atoms with E-state index in [9.17, 15) is 14.0 Å². The number of halogens is 2. The number of nitrogens with zero attached hydrogens (tertiary/aromatic N) is 5. The van der Waals surface area contributed by atoms with Crippen LogP contribution in [-0.2, 0) is 0 Å². The van der Waals surface area contributed by atoms with Gasteiger partial charge in [-0.05, 0) is 56.9 Å². The molecule has 8 nitrogen and oxygen atoms in total. The third kappa shape index (κ3) is 5.16. The average molecular weight is 533 g/mol.